The van der Waals surface area contributed by atoms with Gasteiger partial charge in [-0.25, -0.2) is 13.6 Å². The van der Waals surface area contributed by atoms with Crippen LogP contribution in [-0.4, -0.2) is 27.6 Å². The van der Waals surface area contributed by atoms with Gasteiger partial charge in [0.05, 0.1) is 0 Å². The monoisotopic (exact) mass is 370 g/mol. The first-order valence-corrected chi connectivity index (χ1v) is 8.53. The lowest BCUT2D eigenvalue weighted by atomic mass is 10.2. The largest absolute Gasteiger partial charge is 0.337 e. The Balaban J connectivity index is 1.51. The van der Waals surface area contributed by atoms with E-state index in [1.165, 1.54) is 36.4 Å². The Bertz CT molecular complexity index is 958. The molecule has 1 aromatic heterocycles. The molecule has 0 bridgehead atoms. The highest BCUT2D eigenvalue weighted by molar-refractivity contribution is 5.89. The standard InChI is InChI=1S/C19H16F2N4O2/c20-13-6-8-15(9-7-13)22-19(26)25-10-2-5-16(25)18-23-17(24-27-18)12-3-1-4-14(21)11-12/h1,3-4,6-9,11,16H,2,5,10H2,(H,22,26). The van der Waals surface area contributed by atoms with Crippen LogP contribution in [0.15, 0.2) is 53.1 Å². The molecule has 1 saturated heterocycles. The molecule has 1 aliphatic rings. The summed E-state index contributed by atoms with van der Waals surface area (Å²) < 4.78 is 31.7. The molecule has 2 amide bonds. The highest BCUT2D eigenvalue weighted by Gasteiger charge is 2.34. The minimum Gasteiger partial charge on any atom is -0.337 e. The fourth-order valence-electron chi connectivity index (χ4n) is 3.11. The Kier molecular flexibility index (Phi) is 4.53. The molecule has 2 aromatic carbocycles. The van der Waals surface area contributed by atoms with Crippen LogP contribution in [0.4, 0.5) is 19.3 Å². The number of hydrogen-bond acceptors (Lipinski definition) is 4. The molecule has 6 nitrogen and oxygen atoms in total. The van der Waals surface area contributed by atoms with E-state index in [1.807, 2.05) is 0 Å². The minimum atomic E-state index is -0.389. The summed E-state index contributed by atoms with van der Waals surface area (Å²) in [4.78, 5) is 18.5. The van der Waals surface area contributed by atoms with Gasteiger partial charge in [-0.15, -0.1) is 0 Å². The minimum absolute atomic E-state index is 0.273. The summed E-state index contributed by atoms with van der Waals surface area (Å²) >= 11 is 0. The Hall–Kier alpha value is -3.29. The predicted octanol–water partition coefficient (Wildman–Crippen LogP) is 4.38. The Labute approximate surface area is 153 Å². The maximum absolute atomic E-state index is 13.4. The molecule has 1 fully saturated rings. The van der Waals surface area contributed by atoms with Crippen molar-refractivity contribution < 1.29 is 18.1 Å². The van der Waals surface area contributed by atoms with E-state index in [9.17, 15) is 13.6 Å². The number of urea groups is 1. The lowest BCUT2D eigenvalue weighted by molar-refractivity contribution is 0.193. The second kappa shape index (κ2) is 7.14. The maximum atomic E-state index is 13.4. The van der Waals surface area contributed by atoms with Crippen LogP contribution in [0.5, 0.6) is 0 Å². The number of halogens is 2. The van der Waals surface area contributed by atoms with Gasteiger partial charge >= 0.3 is 6.03 Å². The first-order chi connectivity index (χ1) is 13.1. The average molecular weight is 370 g/mol. The predicted molar refractivity (Wildman–Crippen MR) is 93.8 cm³/mol. The number of hydrogen-bond donors (Lipinski definition) is 1. The van der Waals surface area contributed by atoms with E-state index < -0.39 is 0 Å². The van der Waals surface area contributed by atoms with E-state index >= 15 is 0 Å². The number of benzene rings is 2. The molecule has 1 atom stereocenters. The fourth-order valence-corrected chi connectivity index (χ4v) is 3.11. The summed E-state index contributed by atoms with van der Waals surface area (Å²) in [6.45, 7) is 0.537. The molecule has 0 aliphatic carbocycles. The quantitative estimate of drug-likeness (QED) is 0.743. The zero-order valence-corrected chi connectivity index (χ0v) is 14.2. The van der Waals surface area contributed by atoms with Gasteiger partial charge < -0.3 is 14.7 Å². The molecule has 8 heteroatoms. The maximum Gasteiger partial charge on any atom is 0.322 e. The number of nitrogens with one attached hydrogen (secondary N) is 1. The van der Waals surface area contributed by atoms with E-state index in [-0.39, 0.29) is 29.5 Å². The summed E-state index contributed by atoms with van der Waals surface area (Å²) in [5, 5.41) is 6.64. The molecule has 3 aromatic rings. The lowest BCUT2D eigenvalue weighted by Crippen LogP contribution is -2.34. The summed E-state index contributed by atoms with van der Waals surface area (Å²) in [5.41, 5.74) is 1.00. The number of likely N-dealkylation sites (tertiary alicyclic amines) is 1. The molecule has 27 heavy (non-hydrogen) atoms. The van der Waals surface area contributed by atoms with E-state index in [4.69, 9.17) is 4.52 Å². The summed E-state index contributed by atoms with van der Waals surface area (Å²) in [6.07, 6.45) is 1.47. The Morgan fingerprint density at radius 1 is 1.15 bits per heavy atom. The summed E-state index contributed by atoms with van der Waals surface area (Å²) in [6, 6.07) is 10.8. The van der Waals surface area contributed by atoms with Gasteiger partial charge in [-0.3, -0.25) is 0 Å². The zero-order valence-electron chi connectivity index (χ0n) is 14.2. The van der Waals surface area contributed by atoms with Crippen molar-refractivity contribution in [2.45, 2.75) is 18.9 Å². The van der Waals surface area contributed by atoms with Crippen LogP contribution < -0.4 is 5.32 Å². The third-order valence-corrected chi connectivity index (χ3v) is 4.42. The topological polar surface area (TPSA) is 71.3 Å². The van der Waals surface area contributed by atoms with E-state index in [0.717, 1.165) is 6.42 Å². The van der Waals surface area contributed by atoms with Crippen molar-refractivity contribution in [3.63, 3.8) is 0 Å². The highest BCUT2D eigenvalue weighted by atomic mass is 19.1. The van der Waals surface area contributed by atoms with Gasteiger partial charge in [-0.05, 0) is 49.2 Å². The van der Waals surface area contributed by atoms with E-state index in [2.05, 4.69) is 15.5 Å². The molecular formula is C19H16F2N4O2. The van der Waals surface area contributed by atoms with Gasteiger partial charge in [0.15, 0.2) is 0 Å². The number of amides is 2. The number of carbonyl (C=O) groups is 1. The second-order valence-corrected chi connectivity index (χ2v) is 6.26. The lowest BCUT2D eigenvalue weighted by Gasteiger charge is -2.22. The van der Waals surface area contributed by atoms with Crippen molar-refractivity contribution in [1.29, 1.82) is 0 Å². The fraction of sp³-hybridized carbons (Fsp3) is 0.211. The van der Waals surface area contributed by atoms with Crippen LogP contribution in [0.2, 0.25) is 0 Å². The summed E-state index contributed by atoms with van der Waals surface area (Å²) in [5.74, 6) is -0.181. The van der Waals surface area contributed by atoms with Gasteiger partial charge in [-0.2, -0.15) is 4.98 Å². The van der Waals surface area contributed by atoms with E-state index in [0.29, 0.717) is 30.1 Å². The average Bonchev–Trinajstić information content (AvgIpc) is 3.33. The van der Waals surface area contributed by atoms with Crippen molar-refractivity contribution >= 4 is 11.7 Å². The van der Waals surface area contributed by atoms with Crippen LogP contribution in [-0.2, 0) is 0 Å². The Morgan fingerprint density at radius 2 is 1.96 bits per heavy atom. The van der Waals surface area contributed by atoms with Crippen molar-refractivity contribution in [2.24, 2.45) is 0 Å². The number of nitrogens with zero attached hydrogens (tertiary/aromatic N) is 3. The van der Waals surface area contributed by atoms with Gasteiger partial charge in [0.25, 0.3) is 0 Å². The first-order valence-electron chi connectivity index (χ1n) is 8.53. The molecular weight excluding hydrogens is 354 g/mol. The first kappa shape index (κ1) is 17.1. The smallest absolute Gasteiger partial charge is 0.322 e. The third kappa shape index (κ3) is 3.64. The number of carbonyl (C=O) groups excluding carboxylic acids is 1. The molecule has 0 radical (unpaired) electrons. The van der Waals surface area contributed by atoms with Crippen molar-refractivity contribution in [3.8, 4) is 11.4 Å². The number of aromatic nitrogens is 2. The van der Waals surface area contributed by atoms with Gasteiger partial charge in [0.1, 0.15) is 17.7 Å². The normalized spacial score (nSPS) is 16.5. The third-order valence-electron chi connectivity index (χ3n) is 4.42. The van der Waals surface area contributed by atoms with Crippen LogP contribution in [0, 0.1) is 11.6 Å². The molecule has 2 heterocycles. The van der Waals surface area contributed by atoms with Crippen molar-refractivity contribution in [2.75, 3.05) is 11.9 Å². The highest BCUT2D eigenvalue weighted by Crippen LogP contribution is 2.32. The van der Waals surface area contributed by atoms with Crippen molar-refractivity contribution in [1.82, 2.24) is 15.0 Å². The molecule has 138 valence electrons. The number of anilines is 1. The van der Waals surface area contributed by atoms with Gasteiger partial charge in [0.2, 0.25) is 11.7 Å². The zero-order chi connectivity index (χ0) is 18.8. The van der Waals surface area contributed by atoms with Crippen LogP contribution in [0.3, 0.4) is 0 Å². The van der Waals surface area contributed by atoms with Crippen molar-refractivity contribution in [3.05, 3.63) is 66.1 Å². The van der Waals surface area contributed by atoms with Crippen LogP contribution in [0.1, 0.15) is 24.8 Å². The van der Waals surface area contributed by atoms with E-state index in [1.54, 1.807) is 17.0 Å². The number of rotatable bonds is 3. The van der Waals surface area contributed by atoms with Crippen LogP contribution >= 0.6 is 0 Å². The van der Waals surface area contributed by atoms with Gasteiger partial charge in [-0.1, -0.05) is 17.3 Å². The van der Waals surface area contributed by atoms with Gasteiger partial charge in [0, 0.05) is 17.8 Å². The molecule has 1 unspecified atom stereocenters. The second-order valence-electron chi connectivity index (χ2n) is 6.26. The molecule has 1 aliphatic heterocycles. The SMILES string of the molecule is O=C(Nc1ccc(F)cc1)N1CCCC1c1nc(-c2cccc(F)c2)no1. The Morgan fingerprint density at radius 3 is 2.74 bits per heavy atom. The summed E-state index contributed by atoms with van der Waals surface area (Å²) in [7, 11) is 0. The van der Waals surface area contributed by atoms with Crippen LogP contribution in [0.25, 0.3) is 11.4 Å². The molecule has 0 spiro atoms. The molecule has 0 saturated carbocycles. The molecule has 1 N–H and O–H groups in total. The molecule has 4 rings (SSSR count).